The third-order valence-corrected chi connectivity index (χ3v) is 6.33. The summed E-state index contributed by atoms with van der Waals surface area (Å²) < 4.78 is 11.0. The van der Waals surface area contributed by atoms with E-state index in [4.69, 9.17) is 20.9 Å². The second kappa shape index (κ2) is 18.8. The molecule has 37 heavy (non-hydrogen) atoms. The van der Waals surface area contributed by atoms with Gasteiger partial charge < -0.3 is 41.6 Å². The Kier molecular flexibility index (Phi) is 16.6. The van der Waals surface area contributed by atoms with E-state index in [1.165, 1.54) is 64.4 Å². The molecule has 0 bridgehead atoms. The first-order valence-electron chi connectivity index (χ1n) is 13.6. The zero-order valence-corrected chi connectivity index (χ0v) is 22.4. The van der Waals surface area contributed by atoms with Crippen LogP contribution in [0.1, 0.15) is 90.9 Å². The monoisotopic (exact) mass is 528 g/mol. The molecule has 8 N–H and O–H groups in total. The first-order valence-corrected chi connectivity index (χ1v) is 13.6. The number of hydrogen-bond acceptors (Lipinski definition) is 8. The first-order chi connectivity index (χ1) is 17.7. The van der Waals surface area contributed by atoms with Gasteiger partial charge in [-0.25, -0.2) is 9.79 Å². The largest absolute Gasteiger partial charge is 0.478 e. The van der Waals surface area contributed by atoms with Gasteiger partial charge in [-0.05, 0) is 12.5 Å². The zero-order chi connectivity index (χ0) is 27.6. The number of nitrogens with zero attached hydrogens (tertiary/aromatic N) is 1. The van der Waals surface area contributed by atoms with Crippen molar-refractivity contribution in [2.45, 2.75) is 121 Å². The minimum absolute atomic E-state index is 0.200. The fraction of sp³-hybridized carbons (Fsp3) is 0.808. The maximum absolute atomic E-state index is 12.7. The number of ether oxygens (including phenoxy) is 2. The van der Waals surface area contributed by atoms with Crippen LogP contribution >= 0.6 is 0 Å². The lowest BCUT2D eigenvalue weighted by Crippen LogP contribution is -2.59. The number of amides is 1. The van der Waals surface area contributed by atoms with Crippen LogP contribution in [-0.4, -0.2) is 76.8 Å². The molecule has 214 valence electrons. The summed E-state index contributed by atoms with van der Waals surface area (Å²) >= 11 is 0. The van der Waals surface area contributed by atoms with Crippen LogP contribution < -0.4 is 16.8 Å². The molecule has 1 amide bonds. The Hall–Kier alpha value is -2.37. The predicted octanol–water partition coefficient (Wildman–Crippen LogP) is 1.37. The van der Waals surface area contributed by atoms with Gasteiger partial charge in [0.2, 0.25) is 11.7 Å². The number of nitrogens with two attached hydrogens (primary N) is 2. The van der Waals surface area contributed by atoms with Crippen LogP contribution in [0.15, 0.2) is 16.8 Å². The highest BCUT2D eigenvalue weighted by atomic mass is 16.6. The van der Waals surface area contributed by atoms with E-state index in [0.717, 1.165) is 19.3 Å². The summed E-state index contributed by atoms with van der Waals surface area (Å²) in [4.78, 5) is 28.4. The van der Waals surface area contributed by atoms with Gasteiger partial charge in [0.1, 0.15) is 18.3 Å². The number of esters is 1. The van der Waals surface area contributed by atoms with E-state index in [1.807, 2.05) is 0 Å². The summed E-state index contributed by atoms with van der Waals surface area (Å²) in [6.45, 7) is 2.92. The molecule has 11 nitrogen and oxygen atoms in total. The van der Waals surface area contributed by atoms with Crippen LogP contribution in [-0.2, 0) is 19.1 Å². The van der Waals surface area contributed by atoms with Crippen LogP contribution in [0.5, 0.6) is 0 Å². The van der Waals surface area contributed by atoms with Crippen molar-refractivity contribution in [1.82, 2.24) is 5.32 Å². The molecule has 1 rings (SSSR count). The van der Waals surface area contributed by atoms with Gasteiger partial charge in [-0.3, -0.25) is 4.79 Å². The quantitative estimate of drug-likeness (QED) is 0.0622. The van der Waals surface area contributed by atoms with Gasteiger partial charge in [-0.2, -0.15) is 0 Å². The fourth-order valence-electron chi connectivity index (χ4n) is 4.31. The van der Waals surface area contributed by atoms with Crippen molar-refractivity contribution in [3.63, 3.8) is 0 Å². The third kappa shape index (κ3) is 13.1. The van der Waals surface area contributed by atoms with Gasteiger partial charge in [0, 0.05) is 6.92 Å². The van der Waals surface area contributed by atoms with E-state index >= 15 is 0 Å². The molecule has 1 heterocycles. The lowest BCUT2D eigenvalue weighted by atomic mass is 9.92. The minimum atomic E-state index is -1.65. The van der Waals surface area contributed by atoms with Crippen molar-refractivity contribution < 1.29 is 34.4 Å². The molecule has 0 radical (unpaired) electrons. The summed E-state index contributed by atoms with van der Waals surface area (Å²) in [6, 6.07) is -1.98. The Labute approximate surface area is 220 Å². The molecule has 11 heteroatoms. The average Bonchev–Trinajstić information content (AvgIpc) is 2.86. The van der Waals surface area contributed by atoms with E-state index in [9.17, 15) is 24.9 Å². The number of nitrogens with one attached hydrogen (secondary N) is 1. The van der Waals surface area contributed by atoms with Crippen molar-refractivity contribution in [2.24, 2.45) is 16.5 Å². The van der Waals surface area contributed by atoms with Crippen LogP contribution in [0.3, 0.4) is 0 Å². The van der Waals surface area contributed by atoms with Gasteiger partial charge in [0.05, 0.1) is 25.3 Å². The van der Waals surface area contributed by atoms with Gasteiger partial charge in [0.25, 0.3) is 0 Å². The van der Waals surface area contributed by atoms with Crippen LogP contribution in [0.25, 0.3) is 0 Å². The fourth-order valence-corrected chi connectivity index (χ4v) is 4.31. The molecule has 0 saturated carbocycles. The maximum atomic E-state index is 12.7. The Morgan fingerprint density at radius 1 is 1.03 bits per heavy atom. The molecule has 0 aromatic carbocycles. The topological polar surface area (TPSA) is 190 Å². The number of carbonyl (C=O) groups excluding carboxylic acids is 2. The van der Waals surface area contributed by atoms with E-state index < -0.39 is 48.9 Å². The molecule has 1 aliphatic heterocycles. The minimum Gasteiger partial charge on any atom is -0.478 e. The number of rotatable bonds is 19. The van der Waals surface area contributed by atoms with Crippen LogP contribution in [0, 0.1) is 0 Å². The van der Waals surface area contributed by atoms with Crippen LogP contribution in [0.4, 0.5) is 0 Å². The van der Waals surface area contributed by atoms with E-state index in [-0.39, 0.29) is 18.3 Å². The molecule has 5 atom stereocenters. The van der Waals surface area contributed by atoms with Crippen molar-refractivity contribution in [3.05, 3.63) is 11.8 Å². The van der Waals surface area contributed by atoms with Crippen molar-refractivity contribution in [1.29, 1.82) is 0 Å². The highest BCUT2D eigenvalue weighted by molar-refractivity contribution is 5.87. The van der Waals surface area contributed by atoms with Crippen molar-refractivity contribution >= 4 is 17.8 Å². The third-order valence-electron chi connectivity index (χ3n) is 6.33. The summed E-state index contributed by atoms with van der Waals surface area (Å²) in [5, 5.41) is 32.3. The van der Waals surface area contributed by atoms with Crippen molar-refractivity contribution in [2.75, 3.05) is 13.2 Å². The number of carbonyl (C=O) groups is 2. The van der Waals surface area contributed by atoms with E-state index in [1.54, 1.807) is 0 Å². The van der Waals surface area contributed by atoms with Gasteiger partial charge in [0.15, 0.2) is 5.96 Å². The van der Waals surface area contributed by atoms with E-state index in [2.05, 4.69) is 17.2 Å². The number of aliphatic hydroxyl groups excluding tert-OH is 3. The zero-order valence-electron chi connectivity index (χ0n) is 22.4. The van der Waals surface area contributed by atoms with Crippen molar-refractivity contribution in [3.8, 4) is 0 Å². The predicted molar refractivity (Wildman–Crippen MR) is 141 cm³/mol. The molecule has 0 aromatic heterocycles. The molecule has 0 saturated heterocycles. The van der Waals surface area contributed by atoms with Gasteiger partial charge in [-0.1, -0.05) is 77.6 Å². The molecule has 0 aromatic rings. The summed E-state index contributed by atoms with van der Waals surface area (Å²) in [6.07, 6.45) is 11.0. The maximum Gasteiger partial charge on any atom is 0.373 e. The Balaban J connectivity index is 2.56. The van der Waals surface area contributed by atoms with Gasteiger partial charge in [-0.15, -0.1) is 0 Å². The smallest absolute Gasteiger partial charge is 0.373 e. The average molecular weight is 529 g/mol. The van der Waals surface area contributed by atoms with E-state index in [0.29, 0.717) is 6.42 Å². The first kappa shape index (κ1) is 32.7. The number of guanidine groups is 1. The molecule has 4 unspecified atom stereocenters. The number of unbranched alkanes of at least 4 members (excludes halogenated alkanes) is 11. The normalized spacial score (nSPS) is 20.8. The number of aliphatic imine (C=N–C) groups is 1. The number of hydrogen-bond donors (Lipinski definition) is 6. The molecular formula is C26H48N4O7. The second-order valence-corrected chi connectivity index (χ2v) is 9.65. The second-order valence-electron chi connectivity index (χ2n) is 9.65. The Morgan fingerprint density at radius 2 is 1.57 bits per heavy atom. The highest BCUT2D eigenvalue weighted by Crippen LogP contribution is 2.25. The molecule has 0 spiro atoms. The summed E-state index contributed by atoms with van der Waals surface area (Å²) in [7, 11) is 0. The lowest BCUT2D eigenvalue weighted by molar-refractivity contribution is -0.151. The Morgan fingerprint density at radius 3 is 2.05 bits per heavy atom. The number of aliphatic hydroxyl groups is 3. The lowest BCUT2D eigenvalue weighted by Gasteiger charge is -2.38. The highest BCUT2D eigenvalue weighted by Gasteiger charge is 2.44. The molecule has 0 fully saturated rings. The molecule has 1 aliphatic rings. The summed E-state index contributed by atoms with van der Waals surface area (Å²) in [5.74, 6) is -1.79. The Bertz CT molecular complexity index is 728. The molecular weight excluding hydrogens is 480 g/mol. The SMILES string of the molecule is CCCCCCCCCCCCCCOC(=O)C1=CC(N=C(N)N)C(NC(C)=O)[C@H](C(O)C(O)CO)O1. The molecule has 0 aliphatic carbocycles. The van der Waals surface area contributed by atoms with Crippen LogP contribution in [0.2, 0.25) is 0 Å². The van der Waals surface area contributed by atoms with Gasteiger partial charge >= 0.3 is 5.97 Å². The standard InChI is InChI=1S/C26H48N4O7/c1-3-4-5-6-7-8-9-10-11-12-13-14-15-36-25(35)21-16-19(30-26(27)28)22(29-18(2)32)24(37-21)23(34)20(33)17-31/h16,19-20,22-24,31,33-34H,3-15,17H2,1-2H3,(H,29,32)(H4,27,28,30)/t19?,20?,22?,23?,24-/m1/s1. The summed E-state index contributed by atoms with van der Waals surface area (Å²) in [5.41, 5.74) is 11.0.